The Morgan fingerprint density at radius 2 is 2.00 bits per heavy atom. The molecule has 0 bridgehead atoms. The van der Waals surface area contributed by atoms with Crippen LogP contribution in [-0.4, -0.2) is 44.4 Å². The van der Waals surface area contributed by atoms with Crippen LogP contribution in [0.5, 0.6) is 0 Å². The minimum atomic E-state index is 0. The minimum absolute atomic E-state index is 0. The Morgan fingerprint density at radius 3 is 2.81 bits per heavy atom. The van der Waals surface area contributed by atoms with Gasteiger partial charge in [-0.25, -0.2) is 9.97 Å². The molecule has 0 radical (unpaired) electrons. The van der Waals surface area contributed by atoms with Crippen molar-refractivity contribution in [3.05, 3.63) is 24.8 Å². The van der Waals surface area contributed by atoms with Crippen molar-refractivity contribution in [3.63, 3.8) is 0 Å². The first-order valence-electron chi connectivity index (χ1n) is 5.05. The summed E-state index contributed by atoms with van der Waals surface area (Å²) in [5.74, 6) is 3.44. The number of fused-ring (bicyclic) bond motifs is 1. The molecule has 0 amide bonds. The summed E-state index contributed by atoms with van der Waals surface area (Å²) in [6.45, 7) is 2.18. The number of aromatic nitrogens is 3. The fourth-order valence-corrected chi connectivity index (χ4v) is 2.68. The maximum absolute atomic E-state index is 4.44. The van der Waals surface area contributed by atoms with Gasteiger partial charge in [-0.2, -0.15) is 11.8 Å². The van der Waals surface area contributed by atoms with Gasteiger partial charge in [0.1, 0.15) is 17.8 Å². The fourth-order valence-electron chi connectivity index (χ4n) is 1.77. The normalized spacial score (nSPS) is 16.1. The molecule has 2 aromatic rings. The first-order valence-corrected chi connectivity index (χ1v) is 6.20. The summed E-state index contributed by atoms with van der Waals surface area (Å²) < 4.78 is 1.93. The summed E-state index contributed by atoms with van der Waals surface area (Å²) >= 11 is 2.01. The van der Waals surface area contributed by atoms with Crippen molar-refractivity contribution in [2.75, 3.05) is 29.5 Å². The Balaban J connectivity index is 0.000000963. The predicted octanol–water partition coefficient (Wildman–Crippen LogP) is 0.458. The highest BCUT2D eigenvalue weighted by Gasteiger charge is 2.12. The monoisotopic (exact) mass is 238 g/mol. The molecular formula is C10H14N4OS. The van der Waals surface area contributed by atoms with Crippen LogP contribution in [0.3, 0.4) is 0 Å². The molecule has 0 saturated carbocycles. The van der Waals surface area contributed by atoms with Gasteiger partial charge in [0.05, 0.1) is 0 Å². The molecule has 0 unspecified atom stereocenters. The van der Waals surface area contributed by atoms with Crippen LogP contribution in [0, 0.1) is 0 Å². The summed E-state index contributed by atoms with van der Waals surface area (Å²) in [5, 5.41) is 0. The summed E-state index contributed by atoms with van der Waals surface area (Å²) in [5.41, 5.74) is 0.971. The largest absolute Gasteiger partial charge is 0.412 e. The molecule has 6 heteroatoms. The van der Waals surface area contributed by atoms with Gasteiger partial charge < -0.3 is 10.4 Å². The summed E-state index contributed by atoms with van der Waals surface area (Å²) in [6, 6.07) is 2.05. The van der Waals surface area contributed by atoms with E-state index < -0.39 is 0 Å². The van der Waals surface area contributed by atoms with Gasteiger partial charge in [0.2, 0.25) is 0 Å². The van der Waals surface area contributed by atoms with E-state index in [0.29, 0.717) is 0 Å². The first kappa shape index (κ1) is 11.2. The van der Waals surface area contributed by atoms with Crippen molar-refractivity contribution < 1.29 is 5.48 Å². The van der Waals surface area contributed by atoms with Crippen molar-refractivity contribution in [1.29, 1.82) is 0 Å². The molecule has 86 valence electrons. The molecule has 1 fully saturated rings. The van der Waals surface area contributed by atoms with Crippen LogP contribution in [-0.2, 0) is 0 Å². The van der Waals surface area contributed by atoms with E-state index in [1.165, 1.54) is 11.5 Å². The van der Waals surface area contributed by atoms with Crippen molar-refractivity contribution in [3.8, 4) is 0 Å². The zero-order chi connectivity index (χ0) is 10.1. The summed E-state index contributed by atoms with van der Waals surface area (Å²) in [4.78, 5) is 11.0. The van der Waals surface area contributed by atoms with Gasteiger partial charge >= 0.3 is 0 Å². The van der Waals surface area contributed by atoms with Crippen LogP contribution in [0.4, 0.5) is 5.82 Å². The molecule has 3 heterocycles. The molecule has 1 saturated heterocycles. The molecule has 0 atom stereocenters. The van der Waals surface area contributed by atoms with Gasteiger partial charge in [0, 0.05) is 43.1 Å². The van der Waals surface area contributed by atoms with E-state index in [2.05, 4.69) is 20.9 Å². The van der Waals surface area contributed by atoms with Crippen molar-refractivity contribution in [2.24, 2.45) is 0 Å². The van der Waals surface area contributed by atoms with Crippen LogP contribution >= 0.6 is 11.8 Å². The van der Waals surface area contributed by atoms with E-state index in [1.807, 2.05) is 28.7 Å². The highest BCUT2D eigenvalue weighted by molar-refractivity contribution is 7.99. The molecule has 2 aromatic heterocycles. The number of hydrogen-bond donors (Lipinski definition) is 0. The lowest BCUT2D eigenvalue weighted by molar-refractivity contribution is 0.824. The van der Waals surface area contributed by atoms with E-state index in [0.717, 1.165) is 24.6 Å². The maximum atomic E-state index is 4.44. The van der Waals surface area contributed by atoms with Crippen molar-refractivity contribution >= 4 is 23.2 Å². The Bertz CT molecular complexity index is 467. The molecule has 3 rings (SSSR count). The third kappa shape index (κ3) is 1.98. The van der Waals surface area contributed by atoms with Gasteiger partial charge in [-0.1, -0.05) is 0 Å². The van der Waals surface area contributed by atoms with Crippen LogP contribution in [0.1, 0.15) is 0 Å². The van der Waals surface area contributed by atoms with Crippen molar-refractivity contribution in [1.82, 2.24) is 14.4 Å². The van der Waals surface area contributed by atoms with Gasteiger partial charge in [0.25, 0.3) is 0 Å². The topological polar surface area (TPSA) is 64.9 Å². The van der Waals surface area contributed by atoms with E-state index in [4.69, 9.17) is 0 Å². The molecule has 16 heavy (non-hydrogen) atoms. The second-order valence-electron chi connectivity index (χ2n) is 3.54. The Kier molecular flexibility index (Phi) is 3.31. The number of imidazole rings is 1. The fraction of sp³-hybridized carbons (Fsp3) is 0.400. The zero-order valence-electron chi connectivity index (χ0n) is 8.83. The SMILES string of the molecule is O.c1cn2cnc(N3CCSCC3)cc2n1. The summed E-state index contributed by atoms with van der Waals surface area (Å²) in [7, 11) is 0. The Morgan fingerprint density at radius 1 is 1.19 bits per heavy atom. The Hall–Kier alpha value is -1.27. The standard InChI is InChI=1S/C10H12N4S.H2O/c1-2-14-8-12-10(7-9(14)11-1)13-3-5-15-6-4-13;/h1-2,7-8H,3-6H2;1H2. The second-order valence-corrected chi connectivity index (χ2v) is 4.76. The quantitative estimate of drug-likeness (QED) is 0.724. The zero-order valence-corrected chi connectivity index (χ0v) is 9.65. The third-order valence-electron chi connectivity index (χ3n) is 2.61. The maximum Gasteiger partial charge on any atom is 0.141 e. The second kappa shape index (κ2) is 4.71. The molecule has 1 aliphatic rings. The molecule has 2 N–H and O–H groups in total. The number of rotatable bonds is 1. The Labute approximate surface area is 97.8 Å². The highest BCUT2D eigenvalue weighted by Crippen LogP contribution is 2.17. The van der Waals surface area contributed by atoms with E-state index in [1.54, 1.807) is 6.20 Å². The van der Waals surface area contributed by atoms with Crippen LogP contribution in [0.15, 0.2) is 24.8 Å². The van der Waals surface area contributed by atoms with Crippen LogP contribution in [0.2, 0.25) is 0 Å². The van der Waals surface area contributed by atoms with Gasteiger partial charge in [-0.05, 0) is 0 Å². The molecular weight excluding hydrogens is 224 g/mol. The molecule has 0 spiro atoms. The smallest absolute Gasteiger partial charge is 0.141 e. The van der Waals surface area contributed by atoms with Crippen LogP contribution < -0.4 is 4.90 Å². The molecule has 0 aromatic carbocycles. The van der Waals surface area contributed by atoms with E-state index in [9.17, 15) is 0 Å². The lowest BCUT2D eigenvalue weighted by Crippen LogP contribution is -2.33. The predicted molar refractivity (Wildman–Crippen MR) is 66.1 cm³/mol. The van der Waals surface area contributed by atoms with E-state index in [-0.39, 0.29) is 5.48 Å². The molecule has 0 aliphatic carbocycles. The van der Waals surface area contributed by atoms with Gasteiger partial charge in [0.15, 0.2) is 0 Å². The molecule has 1 aliphatic heterocycles. The summed E-state index contributed by atoms with van der Waals surface area (Å²) in [6.07, 6.45) is 5.55. The van der Waals surface area contributed by atoms with Gasteiger partial charge in [-0.15, -0.1) is 0 Å². The van der Waals surface area contributed by atoms with Crippen LogP contribution in [0.25, 0.3) is 5.65 Å². The van der Waals surface area contributed by atoms with E-state index >= 15 is 0 Å². The first-order chi connectivity index (χ1) is 7.43. The number of thioether (sulfide) groups is 1. The number of nitrogens with zero attached hydrogens (tertiary/aromatic N) is 4. The minimum Gasteiger partial charge on any atom is -0.412 e. The third-order valence-corrected chi connectivity index (χ3v) is 3.55. The van der Waals surface area contributed by atoms with Crippen molar-refractivity contribution in [2.45, 2.75) is 0 Å². The number of anilines is 1. The number of hydrogen-bond acceptors (Lipinski definition) is 4. The van der Waals surface area contributed by atoms with Gasteiger partial charge in [-0.3, -0.25) is 4.40 Å². The average Bonchev–Trinajstić information content (AvgIpc) is 2.77. The lowest BCUT2D eigenvalue weighted by atomic mass is 10.4. The highest BCUT2D eigenvalue weighted by atomic mass is 32.2. The average molecular weight is 238 g/mol. The lowest BCUT2D eigenvalue weighted by Gasteiger charge is -2.27. The molecule has 5 nitrogen and oxygen atoms in total.